The number of nitrogens with zero attached hydrogens (tertiary/aromatic N) is 3. The number of anilines is 1. The monoisotopic (exact) mass is 462 g/mol. The van der Waals surface area contributed by atoms with Crippen LogP contribution in [0.4, 0.5) is 14.6 Å². The van der Waals surface area contributed by atoms with Gasteiger partial charge in [0.1, 0.15) is 10.7 Å². The second kappa shape index (κ2) is 6.95. The summed E-state index contributed by atoms with van der Waals surface area (Å²) in [7, 11) is -0.762. The zero-order valence-electron chi connectivity index (χ0n) is 17.9. The molecule has 0 amide bonds. The van der Waals surface area contributed by atoms with E-state index < -0.39 is 21.4 Å². The van der Waals surface area contributed by atoms with E-state index in [1.54, 1.807) is 19.3 Å². The highest BCUT2D eigenvalue weighted by Crippen LogP contribution is 2.66. The van der Waals surface area contributed by atoms with Gasteiger partial charge in [-0.2, -0.15) is 0 Å². The number of aromatic nitrogens is 2. The zero-order valence-corrected chi connectivity index (χ0v) is 18.7. The summed E-state index contributed by atoms with van der Waals surface area (Å²) >= 11 is 0. The smallest absolute Gasteiger partial charge is 0.254 e. The van der Waals surface area contributed by atoms with Gasteiger partial charge in [0.15, 0.2) is 0 Å². The third kappa shape index (κ3) is 3.11. The number of rotatable bonds is 4. The van der Waals surface area contributed by atoms with E-state index >= 15 is 0 Å². The van der Waals surface area contributed by atoms with Gasteiger partial charge in [0.2, 0.25) is 10.0 Å². The lowest BCUT2D eigenvalue weighted by Crippen LogP contribution is -2.37. The topological polar surface area (TPSA) is 84.3 Å². The van der Waals surface area contributed by atoms with Crippen LogP contribution in [0.5, 0.6) is 0 Å². The lowest BCUT2D eigenvalue weighted by atomic mass is 9.92. The van der Waals surface area contributed by atoms with Crippen LogP contribution in [-0.2, 0) is 23.5 Å². The number of fused-ring (bicyclic) bond motifs is 1. The molecule has 0 bridgehead atoms. The van der Waals surface area contributed by atoms with Crippen molar-refractivity contribution in [2.24, 2.45) is 12.5 Å². The molecule has 2 aromatic heterocycles. The van der Waals surface area contributed by atoms with E-state index in [9.17, 15) is 22.0 Å². The van der Waals surface area contributed by atoms with Crippen LogP contribution in [0.25, 0.3) is 17.2 Å². The molecule has 1 aliphatic heterocycles. The van der Waals surface area contributed by atoms with Gasteiger partial charge in [0, 0.05) is 61.1 Å². The van der Waals surface area contributed by atoms with Crippen LogP contribution in [0.1, 0.15) is 30.4 Å². The predicted molar refractivity (Wildman–Crippen MR) is 117 cm³/mol. The third-order valence-electron chi connectivity index (χ3n) is 7.07. The van der Waals surface area contributed by atoms with Crippen molar-refractivity contribution in [3.63, 3.8) is 0 Å². The molecule has 5 rings (SSSR count). The SMILES string of the molecule is CNS(=O)(=O)c1cnc(N2CCC3(CC2)CC3(F)F)c(-c2cn(C)c(=O)c3c2C=CC3)c1. The first-order chi connectivity index (χ1) is 15.1. The Morgan fingerprint density at radius 3 is 2.50 bits per heavy atom. The van der Waals surface area contributed by atoms with Crippen LogP contribution >= 0.6 is 0 Å². The molecule has 1 spiro atoms. The summed E-state index contributed by atoms with van der Waals surface area (Å²) in [5, 5.41) is 0. The molecule has 3 aliphatic rings. The van der Waals surface area contributed by atoms with E-state index in [0.29, 0.717) is 54.9 Å². The Balaban J connectivity index is 1.64. The molecule has 170 valence electrons. The summed E-state index contributed by atoms with van der Waals surface area (Å²) in [6, 6.07) is 1.55. The number of hydrogen-bond donors (Lipinski definition) is 1. The van der Waals surface area contributed by atoms with Crippen LogP contribution in [-0.4, -0.2) is 44.0 Å². The number of allylic oxidation sites excluding steroid dienone is 1. The standard InChI is InChI=1S/C22H24F2N4O3S/c1-25-32(30,31)14-10-17(18-12-27(2)20(29)16-5-3-4-15(16)18)19(26-11-14)28-8-6-21(7-9-28)13-22(21,23)24/h3-4,10-12,25H,5-9,13H2,1-2H3. The molecule has 0 unspecified atom stereocenters. The van der Waals surface area contributed by atoms with Crippen molar-refractivity contribution in [1.29, 1.82) is 0 Å². The van der Waals surface area contributed by atoms with Gasteiger partial charge in [-0.15, -0.1) is 0 Å². The molecule has 2 aromatic rings. The lowest BCUT2D eigenvalue weighted by molar-refractivity contribution is 0.0536. The Morgan fingerprint density at radius 2 is 1.88 bits per heavy atom. The minimum Gasteiger partial charge on any atom is -0.356 e. The van der Waals surface area contributed by atoms with E-state index in [1.807, 2.05) is 17.1 Å². The van der Waals surface area contributed by atoms with Crippen molar-refractivity contribution < 1.29 is 17.2 Å². The highest BCUT2D eigenvalue weighted by molar-refractivity contribution is 7.89. The van der Waals surface area contributed by atoms with Crippen molar-refractivity contribution in [3.8, 4) is 11.1 Å². The predicted octanol–water partition coefficient (Wildman–Crippen LogP) is 2.55. The van der Waals surface area contributed by atoms with Crippen LogP contribution < -0.4 is 15.2 Å². The first-order valence-electron chi connectivity index (χ1n) is 10.5. The third-order valence-corrected chi connectivity index (χ3v) is 8.45. The average Bonchev–Trinajstić information content (AvgIpc) is 3.09. The van der Waals surface area contributed by atoms with Gasteiger partial charge in [-0.25, -0.2) is 26.9 Å². The average molecular weight is 463 g/mol. The summed E-state index contributed by atoms with van der Waals surface area (Å²) in [6.45, 7) is 0.828. The van der Waals surface area contributed by atoms with Crippen molar-refractivity contribution in [3.05, 3.63) is 46.0 Å². The molecule has 3 heterocycles. The molecule has 7 nitrogen and oxygen atoms in total. The number of alkyl halides is 2. The molecule has 10 heteroatoms. The van der Waals surface area contributed by atoms with E-state index in [-0.39, 0.29) is 16.9 Å². The van der Waals surface area contributed by atoms with Gasteiger partial charge < -0.3 is 9.47 Å². The molecular formula is C22H24F2N4O3S. The molecule has 0 aromatic carbocycles. The van der Waals surface area contributed by atoms with Gasteiger partial charge in [-0.05, 0) is 37.9 Å². The zero-order chi connectivity index (χ0) is 22.9. The van der Waals surface area contributed by atoms with Gasteiger partial charge in [-0.1, -0.05) is 12.2 Å². The lowest BCUT2D eigenvalue weighted by Gasteiger charge is -2.34. The number of pyridine rings is 2. The second-order valence-corrected chi connectivity index (χ2v) is 10.7. The molecular weight excluding hydrogens is 438 g/mol. The molecule has 0 atom stereocenters. The first kappa shape index (κ1) is 21.3. The molecule has 0 radical (unpaired) electrons. The van der Waals surface area contributed by atoms with E-state index in [0.717, 1.165) is 5.56 Å². The molecule has 2 aliphatic carbocycles. The minimum absolute atomic E-state index is 0.00513. The Morgan fingerprint density at radius 1 is 1.19 bits per heavy atom. The number of aryl methyl sites for hydroxylation is 1. The van der Waals surface area contributed by atoms with Crippen molar-refractivity contribution in [2.75, 3.05) is 25.0 Å². The number of halogens is 2. The number of sulfonamides is 1. The number of hydrogen-bond acceptors (Lipinski definition) is 5. The van der Waals surface area contributed by atoms with Crippen molar-refractivity contribution in [2.45, 2.75) is 36.5 Å². The highest BCUT2D eigenvalue weighted by Gasteiger charge is 2.70. The maximum absolute atomic E-state index is 13.9. The van der Waals surface area contributed by atoms with Crippen LogP contribution in [0.2, 0.25) is 0 Å². The van der Waals surface area contributed by atoms with Crippen LogP contribution in [0.15, 0.2) is 34.2 Å². The maximum Gasteiger partial charge on any atom is 0.254 e. The summed E-state index contributed by atoms with van der Waals surface area (Å²) in [4.78, 5) is 19.0. The van der Waals surface area contributed by atoms with Crippen molar-refractivity contribution >= 4 is 21.9 Å². The Bertz CT molecular complexity index is 1310. The summed E-state index contributed by atoms with van der Waals surface area (Å²) < 4.78 is 56.4. The Hall–Kier alpha value is -2.59. The maximum atomic E-state index is 13.9. The van der Waals surface area contributed by atoms with Gasteiger partial charge in [-0.3, -0.25) is 4.79 Å². The molecule has 32 heavy (non-hydrogen) atoms. The van der Waals surface area contributed by atoms with Crippen LogP contribution in [0, 0.1) is 5.41 Å². The molecule has 1 N–H and O–H groups in total. The highest BCUT2D eigenvalue weighted by atomic mass is 32.2. The quantitative estimate of drug-likeness (QED) is 0.755. The normalized spacial score (nSPS) is 20.6. The summed E-state index contributed by atoms with van der Waals surface area (Å²) in [6.07, 6.45) is 7.92. The molecule has 2 fully saturated rings. The van der Waals surface area contributed by atoms with Crippen LogP contribution in [0.3, 0.4) is 0 Å². The van der Waals surface area contributed by atoms with E-state index in [4.69, 9.17) is 0 Å². The fraction of sp³-hybridized carbons (Fsp3) is 0.455. The van der Waals surface area contributed by atoms with Gasteiger partial charge in [0.25, 0.3) is 11.5 Å². The largest absolute Gasteiger partial charge is 0.356 e. The number of nitrogens with one attached hydrogen (secondary N) is 1. The second-order valence-electron chi connectivity index (χ2n) is 8.86. The van der Waals surface area contributed by atoms with E-state index in [2.05, 4.69) is 9.71 Å². The Labute approximate surface area is 184 Å². The summed E-state index contributed by atoms with van der Waals surface area (Å²) in [5.74, 6) is -2.05. The molecule has 1 saturated carbocycles. The minimum atomic E-state index is -3.75. The van der Waals surface area contributed by atoms with E-state index in [1.165, 1.54) is 17.8 Å². The number of piperidine rings is 1. The van der Waals surface area contributed by atoms with Gasteiger partial charge >= 0.3 is 0 Å². The molecule has 1 saturated heterocycles. The fourth-order valence-electron chi connectivity index (χ4n) is 4.93. The fourth-order valence-corrected chi connectivity index (χ4v) is 5.63. The first-order valence-corrected chi connectivity index (χ1v) is 12.0. The van der Waals surface area contributed by atoms with Gasteiger partial charge in [0.05, 0.1) is 0 Å². The summed E-state index contributed by atoms with van der Waals surface area (Å²) in [5.41, 5.74) is 1.66. The Kier molecular flexibility index (Phi) is 4.62. The van der Waals surface area contributed by atoms with Crippen molar-refractivity contribution in [1.82, 2.24) is 14.3 Å².